The number of carbonyl (C=O) groups excluding carboxylic acids is 1. The molecule has 8 heteroatoms. The summed E-state index contributed by atoms with van der Waals surface area (Å²) in [6.45, 7) is 8.45. The van der Waals surface area contributed by atoms with Crippen LogP contribution >= 0.6 is 11.6 Å². The lowest BCUT2D eigenvalue weighted by Crippen LogP contribution is -2.43. The zero-order valence-electron chi connectivity index (χ0n) is 21.9. The van der Waals surface area contributed by atoms with Crippen molar-refractivity contribution in [3.63, 3.8) is 0 Å². The Hall–Kier alpha value is -2.41. The van der Waals surface area contributed by atoms with Crippen molar-refractivity contribution in [3.05, 3.63) is 47.0 Å². The number of halogens is 2. The minimum Gasteiger partial charge on any atom is -0.493 e. The van der Waals surface area contributed by atoms with Gasteiger partial charge in [0.2, 0.25) is 11.9 Å². The van der Waals surface area contributed by atoms with Crippen molar-refractivity contribution >= 4 is 23.5 Å². The van der Waals surface area contributed by atoms with Crippen molar-refractivity contribution < 1.29 is 13.9 Å². The number of benzene rings is 1. The van der Waals surface area contributed by atoms with Crippen LogP contribution in [-0.2, 0) is 11.2 Å². The first kappa shape index (κ1) is 26.2. The van der Waals surface area contributed by atoms with Gasteiger partial charge in [-0.25, -0.2) is 14.4 Å². The number of ether oxygens (including phenoxy) is 1. The molecule has 37 heavy (non-hydrogen) atoms. The highest BCUT2D eigenvalue weighted by Gasteiger charge is 2.43. The number of carbonyl (C=O) groups is 1. The van der Waals surface area contributed by atoms with Gasteiger partial charge in [-0.05, 0) is 73.3 Å². The largest absolute Gasteiger partial charge is 0.493 e. The minimum absolute atomic E-state index is 0.0114. The average molecular weight is 529 g/mol. The molecule has 1 aromatic carbocycles. The lowest BCUT2D eigenvalue weighted by Gasteiger charge is -2.35. The molecule has 0 bridgehead atoms. The Kier molecular flexibility index (Phi) is 8.18. The number of amides is 1. The van der Waals surface area contributed by atoms with E-state index in [0.29, 0.717) is 40.7 Å². The summed E-state index contributed by atoms with van der Waals surface area (Å²) in [7, 11) is 0. The molecule has 2 saturated heterocycles. The van der Waals surface area contributed by atoms with Crippen LogP contribution in [0.2, 0.25) is 5.02 Å². The molecule has 4 atom stereocenters. The van der Waals surface area contributed by atoms with Gasteiger partial charge in [-0.15, -0.1) is 0 Å². The van der Waals surface area contributed by atoms with Crippen LogP contribution in [0.3, 0.4) is 0 Å². The van der Waals surface area contributed by atoms with Crippen LogP contribution in [-0.4, -0.2) is 53.6 Å². The fraction of sp³-hybridized carbons (Fsp3) is 0.621. The summed E-state index contributed by atoms with van der Waals surface area (Å²) < 4.78 is 20.6. The normalized spacial score (nSPS) is 26.3. The van der Waals surface area contributed by atoms with Gasteiger partial charge in [-0.3, -0.25) is 4.79 Å². The van der Waals surface area contributed by atoms with E-state index in [0.717, 1.165) is 69.6 Å². The molecule has 0 N–H and O–H groups in total. The van der Waals surface area contributed by atoms with Crippen molar-refractivity contribution in [2.75, 3.05) is 37.7 Å². The molecular formula is C29H38ClFN4O2. The molecule has 3 heterocycles. The third-order valence-corrected chi connectivity index (χ3v) is 8.55. The van der Waals surface area contributed by atoms with E-state index < -0.39 is 0 Å². The van der Waals surface area contributed by atoms with Crippen molar-refractivity contribution in [1.82, 2.24) is 14.9 Å². The van der Waals surface area contributed by atoms with Crippen LogP contribution in [0.1, 0.15) is 51.5 Å². The molecule has 6 nitrogen and oxygen atoms in total. The molecule has 2 unspecified atom stereocenters. The van der Waals surface area contributed by atoms with Crippen molar-refractivity contribution in [2.24, 2.45) is 29.6 Å². The van der Waals surface area contributed by atoms with E-state index in [9.17, 15) is 9.18 Å². The molecule has 0 radical (unpaired) electrons. The Balaban J connectivity index is 1.02. The summed E-state index contributed by atoms with van der Waals surface area (Å²) in [5, 5.41) is 0.563. The second-order valence-corrected chi connectivity index (χ2v) is 11.9. The van der Waals surface area contributed by atoms with E-state index in [4.69, 9.17) is 16.3 Å². The van der Waals surface area contributed by atoms with E-state index in [1.165, 1.54) is 12.5 Å². The van der Waals surface area contributed by atoms with E-state index in [-0.39, 0.29) is 18.1 Å². The number of nitrogens with zero attached hydrogens (tertiary/aromatic N) is 4. The van der Waals surface area contributed by atoms with Gasteiger partial charge in [0.25, 0.3) is 0 Å². The van der Waals surface area contributed by atoms with Gasteiger partial charge in [0.05, 0.1) is 30.4 Å². The molecule has 0 spiro atoms. The van der Waals surface area contributed by atoms with E-state index in [1.54, 1.807) is 24.5 Å². The molecule has 1 saturated carbocycles. The third kappa shape index (κ3) is 6.73. The quantitative estimate of drug-likeness (QED) is 0.444. The van der Waals surface area contributed by atoms with Crippen molar-refractivity contribution in [3.8, 4) is 5.75 Å². The topological polar surface area (TPSA) is 58.6 Å². The van der Waals surface area contributed by atoms with Gasteiger partial charge in [0.15, 0.2) is 0 Å². The van der Waals surface area contributed by atoms with E-state index in [2.05, 4.69) is 28.7 Å². The smallest absolute Gasteiger partial charge is 0.227 e. The van der Waals surface area contributed by atoms with Gasteiger partial charge >= 0.3 is 0 Å². The SMILES string of the molecule is CC1CC(C)CN(C(=O)Cc2ccc(OCC[C@@H]3C[C@@H]3C3CCN(c4ncc(Cl)cn4)CC3)cc2F)C1. The summed E-state index contributed by atoms with van der Waals surface area (Å²) in [5.74, 6) is 4.16. The first-order valence-corrected chi connectivity index (χ1v) is 14.1. The van der Waals surface area contributed by atoms with Crippen LogP contribution in [0.5, 0.6) is 5.75 Å². The summed E-state index contributed by atoms with van der Waals surface area (Å²) in [4.78, 5) is 25.6. The van der Waals surface area contributed by atoms with Gasteiger partial charge in [-0.2, -0.15) is 0 Å². The zero-order valence-corrected chi connectivity index (χ0v) is 22.7. The summed E-state index contributed by atoms with van der Waals surface area (Å²) in [6, 6.07) is 4.94. The molecule has 2 aromatic rings. The van der Waals surface area contributed by atoms with Gasteiger partial charge < -0.3 is 14.5 Å². The van der Waals surface area contributed by atoms with Crippen LogP contribution in [0.4, 0.5) is 10.3 Å². The Morgan fingerprint density at radius 3 is 2.49 bits per heavy atom. The fourth-order valence-corrected chi connectivity index (χ4v) is 6.50. The van der Waals surface area contributed by atoms with Crippen LogP contribution in [0.15, 0.2) is 30.6 Å². The predicted octanol–water partition coefficient (Wildman–Crippen LogP) is 5.64. The van der Waals surface area contributed by atoms with Crippen molar-refractivity contribution in [1.29, 1.82) is 0 Å². The molecule has 2 aliphatic heterocycles. The highest BCUT2D eigenvalue weighted by molar-refractivity contribution is 6.30. The Labute approximate surface area is 224 Å². The number of hydrogen-bond acceptors (Lipinski definition) is 5. The average Bonchev–Trinajstić information content (AvgIpc) is 3.65. The zero-order chi connectivity index (χ0) is 25.9. The molecule has 3 fully saturated rings. The van der Waals surface area contributed by atoms with Gasteiger partial charge in [-0.1, -0.05) is 31.5 Å². The number of piperidine rings is 2. The number of likely N-dealkylation sites (tertiary alicyclic amines) is 1. The fourth-order valence-electron chi connectivity index (χ4n) is 6.41. The molecule has 1 aromatic heterocycles. The molecular weight excluding hydrogens is 491 g/mol. The monoisotopic (exact) mass is 528 g/mol. The summed E-state index contributed by atoms with van der Waals surface area (Å²) in [5.41, 5.74) is 0.445. The highest BCUT2D eigenvalue weighted by atomic mass is 35.5. The van der Waals surface area contributed by atoms with Crippen LogP contribution in [0.25, 0.3) is 0 Å². The first-order chi connectivity index (χ1) is 17.9. The molecule has 1 amide bonds. The molecule has 5 rings (SSSR count). The lowest BCUT2D eigenvalue weighted by molar-refractivity contribution is -0.133. The number of anilines is 1. The first-order valence-electron chi connectivity index (χ1n) is 13.8. The number of hydrogen-bond donors (Lipinski definition) is 0. The predicted molar refractivity (Wildman–Crippen MR) is 143 cm³/mol. The van der Waals surface area contributed by atoms with E-state index in [1.807, 2.05) is 4.90 Å². The highest BCUT2D eigenvalue weighted by Crippen LogP contribution is 2.49. The maximum atomic E-state index is 14.7. The summed E-state index contributed by atoms with van der Waals surface area (Å²) >= 11 is 5.90. The Morgan fingerprint density at radius 2 is 1.81 bits per heavy atom. The molecule has 3 aliphatic rings. The molecule has 1 aliphatic carbocycles. The minimum atomic E-state index is -0.357. The van der Waals surface area contributed by atoms with Gasteiger partial charge in [0.1, 0.15) is 11.6 Å². The standard InChI is InChI=1S/C29H38ClFN4O2/c1-19-11-20(2)18-35(17-19)28(36)13-23-3-4-25(14-27(23)31)37-10-7-22-12-26(22)21-5-8-34(9-6-21)29-32-15-24(30)16-33-29/h3-4,14-16,19-22,26H,5-13,17-18H2,1-2H3/t19?,20?,22-,26-/m1/s1. The van der Waals surface area contributed by atoms with Crippen LogP contribution < -0.4 is 9.64 Å². The van der Waals surface area contributed by atoms with Gasteiger partial charge in [0, 0.05) is 32.2 Å². The number of aromatic nitrogens is 2. The lowest BCUT2D eigenvalue weighted by atomic mass is 9.90. The Morgan fingerprint density at radius 1 is 1.11 bits per heavy atom. The Bertz CT molecular complexity index is 1070. The van der Waals surface area contributed by atoms with E-state index >= 15 is 0 Å². The van der Waals surface area contributed by atoms with Crippen LogP contribution in [0, 0.1) is 35.4 Å². The number of rotatable bonds is 8. The second-order valence-electron chi connectivity index (χ2n) is 11.5. The van der Waals surface area contributed by atoms with Crippen molar-refractivity contribution in [2.45, 2.75) is 52.4 Å². The maximum Gasteiger partial charge on any atom is 0.227 e. The second kappa shape index (κ2) is 11.5. The maximum absolute atomic E-state index is 14.7. The third-order valence-electron chi connectivity index (χ3n) is 8.36. The summed E-state index contributed by atoms with van der Waals surface area (Å²) in [6.07, 6.45) is 9.14. The molecule has 200 valence electrons.